The molecule has 1 rings (SSSR count). The van der Waals surface area contributed by atoms with E-state index in [9.17, 15) is 0 Å². The highest BCUT2D eigenvalue weighted by atomic mass is 15.2. The van der Waals surface area contributed by atoms with Gasteiger partial charge in [0.1, 0.15) is 0 Å². The van der Waals surface area contributed by atoms with Gasteiger partial charge < -0.3 is 5.32 Å². The standard InChI is InChI=1S/C16H34N2/c1-6-9-15(17-8-3)16(7-2)18-11-10-13(4)12-14(18)5/h13-17H,6-12H2,1-5H3. The van der Waals surface area contributed by atoms with Gasteiger partial charge in [0.25, 0.3) is 0 Å². The maximum Gasteiger partial charge on any atom is 0.0249 e. The van der Waals surface area contributed by atoms with E-state index in [1.54, 1.807) is 0 Å². The molecule has 0 aromatic carbocycles. The lowest BCUT2D eigenvalue weighted by molar-refractivity contribution is 0.0575. The van der Waals surface area contributed by atoms with Gasteiger partial charge in [-0.3, -0.25) is 4.90 Å². The van der Waals surface area contributed by atoms with E-state index in [0.717, 1.165) is 24.5 Å². The van der Waals surface area contributed by atoms with Gasteiger partial charge in [-0.1, -0.05) is 34.1 Å². The minimum absolute atomic E-state index is 0.681. The Hall–Kier alpha value is -0.0800. The molecular formula is C16H34N2. The number of nitrogens with zero attached hydrogens (tertiary/aromatic N) is 1. The molecule has 0 aromatic rings. The Morgan fingerprint density at radius 2 is 1.94 bits per heavy atom. The quantitative estimate of drug-likeness (QED) is 0.746. The zero-order chi connectivity index (χ0) is 13.5. The van der Waals surface area contributed by atoms with Crippen molar-refractivity contribution in [3.63, 3.8) is 0 Å². The summed E-state index contributed by atoms with van der Waals surface area (Å²) in [6, 6.07) is 2.17. The Bertz CT molecular complexity index is 211. The summed E-state index contributed by atoms with van der Waals surface area (Å²) in [7, 11) is 0. The van der Waals surface area contributed by atoms with Crippen molar-refractivity contribution in [2.45, 2.75) is 84.8 Å². The second kappa shape index (κ2) is 8.16. The number of hydrogen-bond acceptors (Lipinski definition) is 2. The molecule has 1 aliphatic rings. The number of rotatable bonds is 7. The molecule has 2 heteroatoms. The van der Waals surface area contributed by atoms with Gasteiger partial charge in [0.2, 0.25) is 0 Å². The van der Waals surface area contributed by atoms with Crippen molar-refractivity contribution in [2.24, 2.45) is 5.92 Å². The summed E-state index contributed by atoms with van der Waals surface area (Å²) >= 11 is 0. The third-order valence-corrected chi connectivity index (χ3v) is 4.56. The SMILES string of the molecule is CCCC(NCC)C(CC)N1CCC(C)CC1C. The van der Waals surface area contributed by atoms with E-state index in [-0.39, 0.29) is 0 Å². The van der Waals surface area contributed by atoms with Crippen molar-refractivity contribution in [3.05, 3.63) is 0 Å². The van der Waals surface area contributed by atoms with E-state index in [2.05, 4.69) is 44.8 Å². The maximum absolute atomic E-state index is 3.72. The van der Waals surface area contributed by atoms with Crippen molar-refractivity contribution in [2.75, 3.05) is 13.1 Å². The van der Waals surface area contributed by atoms with Gasteiger partial charge in [0, 0.05) is 18.1 Å². The first-order valence-electron chi connectivity index (χ1n) is 8.13. The molecule has 18 heavy (non-hydrogen) atoms. The van der Waals surface area contributed by atoms with Gasteiger partial charge in [-0.05, 0) is 51.6 Å². The number of piperidine rings is 1. The van der Waals surface area contributed by atoms with Crippen LogP contribution in [0.2, 0.25) is 0 Å². The zero-order valence-corrected chi connectivity index (χ0v) is 13.2. The van der Waals surface area contributed by atoms with Crippen LogP contribution in [0, 0.1) is 5.92 Å². The molecule has 0 saturated carbocycles. The zero-order valence-electron chi connectivity index (χ0n) is 13.2. The van der Waals surface area contributed by atoms with E-state index in [1.165, 1.54) is 38.6 Å². The molecular weight excluding hydrogens is 220 g/mol. The van der Waals surface area contributed by atoms with Gasteiger partial charge in [-0.15, -0.1) is 0 Å². The van der Waals surface area contributed by atoms with E-state index in [1.807, 2.05) is 0 Å². The summed E-state index contributed by atoms with van der Waals surface area (Å²) in [6.07, 6.45) is 6.63. The summed E-state index contributed by atoms with van der Waals surface area (Å²) in [4.78, 5) is 2.78. The second-order valence-corrected chi connectivity index (χ2v) is 6.14. The smallest absolute Gasteiger partial charge is 0.0249 e. The molecule has 4 atom stereocenters. The van der Waals surface area contributed by atoms with Crippen LogP contribution in [0.3, 0.4) is 0 Å². The molecule has 1 fully saturated rings. The Morgan fingerprint density at radius 3 is 2.44 bits per heavy atom. The summed E-state index contributed by atoms with van der Waals surface area (Å²) in [6.45, 7) is 14.1. The van der Waals surface area contributed by atoms with E-state index in [0.29, 0.717) is 6.04 Å². The molecule has 0 aromatic heterocycles. The first-order valence-corrected chi connectivity index (χ1v) is 8.13. The highest BCUT2D eigenvalue weighted by Crippen LogP contribution is 2.27. The summed E-state index contributed by atoms with van der Waals surface area (Å²) < 4.78 is 0. The van der Waals surface area contributed by atoms with Gasteiger partial charge >= 0.3 is 0 Å². The number of nitrogens with one attached hydrogen (secondary N) is 1. The van der Waals surface area contributed by atoms with Crippen LogP contribution in [0.5, 0.6) is 0 Å². The van der Waals surface area contributed by atoms with Crippen LogP contribution in [-0.4, -0.2) is 36.1 Å². The highest BCUT2D eigenvalue weighted by Gasteiger charge is 2.31. The number of hydrogen-bond donors (Lipinski definition) is 1. The van der Waals surface area contributed by atoms with Crippen LogP contribution in [0.4, 0.5) is 0 Å². The fourth-order valence-corrected chi connectivity index (χ4v) is 3.67. The molecule has 1 saturated heterocycles. The molecule has 2 nitrogen and oxygen atoms in total. The predicted octanol–water partition coefficient (Wildman–Crippen LogP) is 3.66. The van der Waals surface area contributed by atoms with E-state index < -0.39 is 0 Å². The van der Waals surface area contributed by atoms with Crippen molar-refractivity contribution < 1.29 is 0 Å². The Labute approximate surface area is 115 Å². The molecule has 0 bridgehead atoms. The molecule has 1 aliphatic heterocycles. The van der Waals surface area contributed by atoms with Gasteiger partial charge in [0.15, 0.2) is 0 Å². The third kappa shape index (κ3) is 4.24. The van der Waals surface area contributed by atoms with Crippen molar-refractivity contribution in [1.29, 1.82) is 0 Å². The minimum Gasteiger partial charge on any atom is -0.313 e. The average Bonchev–Trinajstić information content (AvgIpc) is 2.33. The molecule has 0 radical (unpaired) electrons. The molecule has 108 valence electrons. The lowest BCUT2D eigenvalue weighted by Gasteiger charge is -2.44. The van der Waals surface area contributed by atoms with Crippen molar-refractivity contribution >= 4 is 0 Å². The van der Waals surface area contributed by atoms with Crippen LogP contribution in [0.25, 0.3) is 0 Å². The first-order chi connectivity index (χ1) is 8.63. The van der Waals surface area contributed by atoms with E-state index >= 15 is 0 Å². The molecule has 1 heterocycles. The minimum atomic E-state index is 0.681. The summed E-state index contributed by atoms with van der Waals surface area (Å²) in [5.41, 5.74) is 0. The van der Waals surface area contributed by atoms with Gasteiger partial charge in [-0.2, -0.15) is 0 Å². The van der Waals surface area contributed by atoms with Crippen molar-refractivity contribution in [1.82, 2.24) is 10.2 Å². The number of likely N-dealkylation sites (tertiary alicyclic amines) is 1. The van der Waals surface area contributed by atoms with Crippen LogP contribution in [-0.2, 0) is 0 Å². The first kappa shape index (κ1) is 16.0. The lowest BCUT2D eigenvalue weighted by atomic mass is 9.89. The largest absolute Gasteiger partial charge is 0.313 e. The predicted molar refractivity (Wildman–Crippen MR) is 81.0 cm³/mol. The van der Waals surface area contributed by atoms with Crippen molar-refractivity contribution in [3.8, 4) is 0 Å². The van der Waals surface area contributed by atoms with E-state index in [4.69, 9.17) is 0 Å². The fraction of sp³-hybridized carbons (Fsp3) is 1.00. The topological polar surface area (TPSA) is 15.3 Å². The van der Waals surface area contributed by atoms with Gasteiger partial charge in [0.05, 0.1) is 0 Å². The Balaban J connectivity index is 2.67. The second-order valence-electron chi connectivity index (χ2n) is 6.14. The molecule has 1 N–H and O–H groups in total. The normalized spacial score (nSPS) is 29.2. The summed E-state index contributed by atoms with van der Waals surface area (Å²) in [5, 5.41) is 3.72. The summed E-state index contributed by atoms with van der Waals surface area (Å²) in [5.74, 6) is 0.914. The molecule has 0 aliphatic carbocycles. The number of likely N-dealkylation sites (N-methyl/N-ethyl adjacent to an activating group) is 1. The van der Waals surface area contributed by atoms with Crippen LogP contribution >= 0.6 is 0 Å². The van der Waals surface area contributed by atoms with Crippen LogP contribution in [0.15, 0.2) is 0 Å². The molecule has 4 unspecified atom stereocenters. The maximum atomic E-state index is 3.72. The van der Waals surface area contributed by atoms with Crippen LogP contribution < -0.4 is 5.32 Å². The fourth-order valence-electron chi connectivity index (χ4n) is 3.67. The van der Waals surface area contributed by atoms with Crippen LogP contribution in [0.1, 0.15) is 66.7 Å². The average molecular weight is 254 g/mol. The molecule has 0 spiro atoms. The molecule has 0 amide bonds. The lowest BCUT2D eigenvalue weighted by Crippen LogP contribution is -2.55. The third-order valence-electron chi connectivity index (χ3n) is 4.56. The Morgan fingerprint density at radius 1 is 1.22 bits per heavy atom. The Kier molecular flexibility index (Phi) is 7.25. The monoisotopic (exact) mass is 254 g/mol. The highest BCUT2D eigenvalue weighted by molar-refractivity contribution is 4.89. The van der Waals surface area contributed by atoms with Gasteiger partial charge in [-0.25, -0.2) is 0 Å².